The second-order valence-electron chi connectivity index (χ2n) is 10.8. The van der Waals surface area contributed by atoms with Crippen LogP contribution in [0.2, 0.25) is 5.02 Å². The Morgan fingerprint density at radius 1 is 1.10 bits per heavy atom. The van der Waals surface area contributed by atoms with Crippen LogP contribution < -0.4 is 4.90 Å². The minimum Gasteiger partial charge on any atom is -0.444 e. The van der Waals surface area contributed by atoms with Crippen LogP contribution in [0, 0.1) is 11.3 Å². The first-order valence-corrected chi connectivity index (χ1v) is 13.2. The molecule has 0 bridgehead atoms. The van der Waals surface area contributed by atoms with Crippen LogP contribution in [0.15, 0.2) is 30.5 Å². The number of hydrogen-bond donors (Lipinski definition) is 2. The van der Waals surface area contributed by atoms with E-state index in [1.807, 2.05) is 25.7 Å². The number of hydrogen-bond acceptors (Lipinski definition) is 8. The molecule has 1 aliphatic rings. The summed E-state index contributed by atoms with van der Waals surface area (Å²) in [7, 11) is 0. The van der Waals surface area contributed by atoms with Crippen molar-refractivity contribution in [3.8, 4) is 17.2 Å². The molecule has 1 aromatic heterocycles. The highest BCUT2D eigenvalue weighted by atomic mass is 35.5. The van der Waals surface area contributed by atoms with E-state index in [1.54, 1.807) is 49.2 Å². The van der Waals surface area contributed by atoms with Gasteiger partial charge in [0, 0.05) is 51.0 Å². The zero-order valence-corrected chi connectivity index (χ0v) is 23.8. The Labute approximate surface area is 234 Å². The predicted octanol–water partition coefficient (Wildman–Crippen LogP) is 3.53. The number of nitriles is 1. The van der Waals surface area contributed by atoms with E-state index in [2.05, 4.69) is 11.1 Å². The Bertz CT molecular complexity index is 1220. The van der Waals surface area contributed by atoms with Crippen molar-refractivity contribution >= 4 is 29.4 Å². The molecule has 2 unspecified atom stereocenters. The minimum absolute atomic E-state index is 0.0603. The summed E-state index contributed by atoms with van der Waals surface area (Å²) in [5, 5.41) is 29.6. The Morgan fingerprint density at radius 2 is 1.72 bits per heavy atom. The maximum absolute atomic E-state index is 13.1. The Morgan fingerprint density at radius 3 is 2.23 bits per heavy atom. The van der Waals surface area contributed by atoms with Gasteiger partial charge in [-0.25, -0.2) is 9.78 Å². The van der Waals surface area contributed by atoms with Gasteiger partial charge in [-0.3, -0.25) is 4.79 Å². The zero-order chi connectivity index (χ0) is 28.9. The van der Waals surface area contributed by atoms with Crippen molar-refractivity contribution in [2.24, 2.45) is 0 Å². The van der Waals surface area contributed by atoms with Crippen LogP contribution in [-0.4, -0.2) is 94.1 Å². The summed E-state index contributed by atoms with van der Waals surface area (Å²) in [5.74, 6) is 0.139. The molecule has 2 N–H and O–H groups in total. The fourth-order valence-corrected chi connectivity index (χ4v) is 4.56. The first-order chi connectivity index (χ1) is 18.3. The van der Waals surface area contributed by atoms with Crippen LogP contribution in [0.5, 0.6) is 0 Å². The van der Waals surface area contributed by atoms with Gasteiger partial charge in [0.1, 0.15) is 17.5 Å². The molecule has 210 valence electrons. The largest absolute Gasteiger partial charge is 0.444 e. The molecule has 0 saturated carbocycles. The smallest absolute Gasteiger partial charge is 0.410 e. The summed E-state index contributed by atoms with van der Waals surface area (Å²) in [6.07, 6.45) is -0.235. The molecule has 1 saturated heterocycles. The number of anilines is 1. The molecule has 2 aromatic rings. The molecule has 11 heteroatoms. The number of amides is 2. The van der Waals surface area contributed by atoms with Gasteiger partial charge in [0.25, 0.3) is 5.91 Å². The summed E-state index contributed by atoms with van der Waals surface area (Å²) in [6.45, 7) is 10.7. The lowest BCUT2D eigenvalue weighted by Crippen LogP contribution is -2.50. The van der Waals surface area contributed by atoms with Crippen molar-refractivity contribution in [2.75, 3.05) is 44.2 Å². The van der Waals surface area contributed by atoms with Crippen LogP contribution >= 0.6 is 11.6 Å². The van der Waals surface area contributed by atoms with Gasteiger partial charge in [0.2, 0.25) is 0 Å². The molecule has 1 aromatic carbocycles. The molecule has 2 heterocycles. The van der Waals surface area contributed by atoms with Crippen LogP contribution in [0.25, 0.3) is 11.1 Å². The van der Waals surface area contributed by atoms with Crippen LogP contribution in [0.1, 0.15) is 50.5 Å². The van der Waals surface area contributed by atoms with Gasteiger partial charge in [-0.2, -0.15) is 5.26 Å². The third-order valence-electron chi connectivity index (χ3n) is 6.01. The molecule has 39 heavy (non-hydrogen) atoms. The molecule has 0 aliphatic carbocycles. The molecule has 2 amide bonds. The first-order valence-electron chi connectivity index (χ1n) is 12.9. The topological polar surface area (TPSA) is 130 Å². The van der Waals surface area contributed by atoms with Crippen LogP contribution in [0.3, 0.4) is 0 Å². The molecular weight excluding hydrogens is 522 g/mol. The number of aliphatic hydroxyl groups is 2. The SMILES string of the molecule is CC(O)CN(CC(C)O)C(=O)c1ccc(-c2cnc(N3CCN(C(=O)OC(C)(C)C)CC3)c(C#N)c2)cc1Cl. The van der Waals surface area contributed by atoms with Crippen molar-refractivity contribution in [3.05, 3.63) is 46.6 Å². The highest BCUT2D eigenvalue weighted by Gasteiger charge is 2.27. The van der Waals surface area contributed by atoms with Gasteiger partial charge >= 0.3 is 6.09 Å². The van der Waals surface area contributed by atoms with Crippen molar-refractivity contribution in [3.63, 3.8) is 0 Å². The first kappa shape index (κ1) is 30.2. The van der Waals surface area contributed by atoms with E-state index in [9.17, 15) is 25.1 Å². The number of pyridine rings is 1. The third-order valence-corrected chi connectivity index (χ3v) is 6.32. The van der Waals surface area contributed by atoms with Gasteiger partial charge in [-0.05, 0) is 58.4 Å². The maximum Gasteiger partial charge on any atom is 0.410 e. The molecule has 1 aliphatic heterocycles. The van der Waals surface area contributed by atoms with Gasteiger partial charge in [-0.1, -0.05) is 17.7 Å². The van der Waals surface area contributed by atoms with Crippen molar-refractivity contribution in [1.82, 2.24) is 14.8 Å². The molecule has 10 nitrogen and oxygen atoms in total. The summed E-state index contributed by atoms with van der Waals surface area (Å²) in [6, 6.07) is 8.88. The summed E-state index contributed by atoms with van der Waals surface area (Å²) in [4.78, 5) is 35.0. The number of piperazine rings is 1. The second kappa shape index (κ2) is 12.6. The normalized spacial score (nSPS) is 15.4. The second-order valence-corrected chi connectivity index (χ2v) is 11.2. The highest BCUT2D eigenvalue weighted by molar-refractivity contribution is 6.34. The monoisotopic (exact) mass is 557 g/mol. The van der Waals surface area contributed by atoms with Crippen molar-refractivity contribution in [2.45, 2.75) is 52.4 Å². The lowest BCUT2D eigenvalue weighted by Gasteiger charge is -2.36. The van der Waals surface area contributed by atoms with E-state index >= 15 is 0 Å². The number of rotatable bonds is 7. The number of halogens is 1. The molecule has 1 fully saturated rings. The summed E-state index contributed by atoms with van der Waals surface area (Å²) >= 11 is 6.49. The Kier molecular flexibility index (Phi) is 9.78. The predicted molar refractivity (Wildman–Crippen MR) is 149 cm³/mol. The number of benzene rings is 1. The van der Waals surface area contributed by atoms with Gasteiger partial charge in [0.05, 0.1) is 28.4 Å². The van der Waals surface area contributed by atoms with Crippen molar-refractivity contribution in [1.29, 1.82) is 5.26 Å². The standard InChI is InChI=1S/C28H36ClN5O5/c1-18(35)16-34(17-19(2)36)26(37)23-7-6-20(13-24(23)29)22-12-21(14-30)25(31-15-22)32-8-10-33(11-9-32)27(38)39-28(3,4)5/h6-7,12-13,15,18-19,35-36H,8-11,16-17H2,1-5H3. The quantitative estimate of drug-likeness (QED) is 0.528. The van der Waals surface area contributed by atoms with Crippen LogP contribution in [-0.2, 0) is 4.74 Å². The highest BCUT2D eigenvalue weighted by Crippen LogP contribution is 2.30. The van der Waals surface area contributed by atoms with E-state index in [0.29, 0.717) is 48.7 Å². The number of nitrogens with zero attached hydrogens (tertiary/aromatic N) is 5. The number of aliphatic hydroxyl groups excluding tert-OH is 2. The number of aromatic nitrogens is 1. The summed E-state index contributed by atoms with van der Waals surface area (Å²) in [5.41, 5.74) is 1.40. The maximum atomic E-state index is 13.1. The van der Waals surface area contributed by atoms with E-state index < -0.39 is 23.7 Å². The van der Waals surface area contributed by atoms with E-state index in [1.165, 1.54) is 4.90 Å². The third kappa shape index (κ3) is 8.05. The summed E-state index contributed by atoms with van der Waals surface area (Å²) < 4.78 is 5.45. The molecule has 3 rings (SSSR count). The fourth-order valence-electron chi connectivity index (χ4n) is 4.29. The Hall–Kier alpha value is -3.39. The molecule has 2 atom stereocenters. The molecular formula is C28H36ClN5O5. The van der Waals surface area contributed by atoms with Gasteiger partial charge in [-0.15, -0.1) is 0 Å². The minimum atomic E-state index is -0.764. The average Bonchev–Trinajstić information content (AvgIpc) is 2.86. The number of carbonyl (C=O) groups excluding carboxylic acids is 2. The fraction of sp³-hybridized carbons (Fsp3) is 0.500. The van der Waals surface area contributed by atoms with E-state index in [0.717, 1.165) is 0 Å². The number of ether oxygens (including phenoxy) is 1. The zero-order valence-electron chi connectivity index (χ0n) is 23.0. The number of carbonyl (C=O) groups is 2. The van der Waals surface area contributed by atoms with Gasteiger partial charge < -0.3 is 29.6 Å². The Balaban J connectivity index is 1.77. The van der Waals surface area contributed by atoms with Crippen LogP contribution in [0.4, 0.5) is 10.6 Å². The van der Waals surface area contributed by atoms with E-state index in [-0.39, 0.29) is 29.8 Å². The lowest BCUT2D eigenvalue weighted by molar-refractivity contribution is 0.0240. The molecule has 0 spiro atoms. The average molecular weight is 558 g/mol. The van der Waals surface area contributed by atoms with Gasteiger partial charge in [0.15, 0.2) is 0 Å². The molecule has 0 radical (unpaired) electrons. The lowest BCUT2D eigenvalue weighted by atomic mass is 10.0. The van der Waals surface area contributed by atoms with E-state index in [4.69, 9.17) is 16.3 Å². The van der Waals surface area contributed by atoms with Crippen molar-refractivity contribution < 1.29 is 24.5 Å².